The van der Waals surface area contributed by atoms with Crippen LogP contribution < -0.4 is 4.74 Å². The summed E-state index contributed by atoms with van der Waals surface area (Å²) >= 11 is 0. The number of likely N-dealkylation sites (N-methyl/N-ethyl adjacent to an activating group) is 1. The second-order valence-electron chi connectivity index (χ2n) is 14.2. The van der Waals surface area contributed by atoms with Crippen molar-refractivity contribution in [1.82, 2.24) is 4.90 Å². The van der Waals surface area contributed by atoms with Crippen LogP contribution in [0.1, 0.15) is 60.3 Å². The second-order valence-corrected chi connectivity index (χ2v) is 14.2. The highest BCUT2D eigenvalue weighted by molar-refractivity contribution is 5.96. The maximum Gasteiger partial charge on any atom is 0.308 e. The average molecular weight is 733 g/mol. The monoisotopic (exact) mass is 732 g/mol. The highest BCUT2D eigenvalue weighted by Crippen LogP contribution is 2.34. The fourth-order valence-corrected chi connectivity index (χ4v) is 6.89. The number of carbonyl (C=O) groups excluding carboxylic acids is 2. The van der Waals surface area contributed by atoms with E-state index in [1.54, 1.807) is 32.8 Å². The minimum absolute atomic E-state index is 0.0341. The first-order valence-corrected chi connectivity index (χ1v) is 18.3. The number of aliphatic hydroxyl groups is 4. The quantitative estimate of drug-likeness (QED) is 0.107. The number of aliphatic hydroxyl groups excluding tert-OH is 4. The zero-order valence-electron chi connectivity index (χ0n) is 31.6. The predicted molar refractivity (Wildman–Crippen MR) is 195 cm³/mol. The summed E-state index contributed by atoms with van der Waals surface area (Å²) < 4.78 is 24.0. The van der Waals surface area contributed by atoms with Gasteiger partial charge < -0.3 is 53.9 Å². The van der Waals surface area contributed by atoms with Gasteiger partial charge in [-0.3, -0.25) is 4.79 Å². The van der Waals surface area contributed by atoms with Crippen LogP contribution in [0.4, 0.5) is 0 Å². The van der Waals surface area contributed by atoms with Crippen LogP contribution in [0.15, 0.2) is 59.3 Å². The first kappa shape index (κ1) is 43.2. The third kappa shape index (κ3) is 12.5. The van der Waals surface area contributed by atoms with Gasteiger partial charge in [-0.2, -0.15) is 0 Å². The molecule has 2 heterocycles. The number of cyclic esters (lactones) is 1. The maximum absolute atomic E-state index is 13.2. The number of carbonyl (C=O) groups is 2. The van der Waals surface area contributed by atoms with E-state index in [4.69, 9.17) is 23.8 Å². The Hall–Kier alpha value is -3.17. The van der Waals surface area contributed by atoms with E-state index in [1.165, 1.54) is 0 Å². The minimum atomic E-state index is -1.27. The molecule has 13 heteroatoms. The molecule has 52 heavy (non-hydrogen) atoms. The number of esters is 1. The van der Waals surface area contributed by atoms with Crippen molar-refractivity contribution in [3.8, 4) is 5.75 Å². The third-order valence-electron chi connectivity index (χ3n) is 9.95. The molecule has 0 aliphatic carbocycles. The number of benzene rings is 1. The fraction of sp³-hybridized carbons (Fsp3) is 0.667. The zero-order valence-corrected chi connectivity index (χ0v) is 31.6. The summed E-state index contributed by atoms with van der Waals surface area (Å²) in [6.45, 7) is 9.24. The van der Waals surface area contributed by atoms with Crippen LogP contribution in [0.2, 0.25) is 0 Å². The van der Waals surface area contributed by atoms with Gasteiger partial charge in [-0.15, -0.1) is 0 Å². The lowest BCUT2D eigenvalue weighted by molar-refractivity contribution is -0.304. The molecule has 13 nitrogen and oxygen atoms in total. The molecule has 2 aliphatic heterocycles. The van der Waals surface area contributed by atoms with Crippen molar-refractivity contribution in [1.29, 1.82) is 0 Å². The number of hydrogen-bond acceptors (Lipinski definition) is 13. The van der Waals surface area contributed by atoms with E-state index < -0.39 is 72.7 Å². The normalized spacial score (nSPS) is 36.4. The Kier molecular flexibility index (Phi) is 17.9. The molecular formula is C39H60N2O11. The molecule has 1 saturated heterocycles. The van der Waals surface area contributed by atoms with Gasteiger partial charge in [0, 0.05) is 24.2 Å². The summed E-state index contributed by atoms with van der Waals surface area (Å²) in [6.07, 6.45) is -0.253. The summed E-state index contributed by atoms with van der Waals surface area (Å²) in [6, 6.07) is 8.64. The summed E-state index contributed by atoms with van der Waals surface area (Å²) in [7, 11) is 3.47. The zero-order chi connectivity index (χ0) is 38.4. The molecule has 1 aromatic carbocycles. The van der Waals surface area contributed by atoms with Crippen LogP contribution in [-0.2, 0) is 28.6 Å². The summed E-state index contributed by atoms with van der Waals surface area (Å²) in [5.74, 6) is -2.01. The Balaban J connectivity index is 2.02. The van der Waals surface area contributed by atoms with Crippen molar-refractivity contribution in [3.05, 3.63) is 54.1 Å². The molecule has 4 N–H and O–H groups in total. The molecule has 0 bridgehead atoms. The average Bonchev–Trinajstić information content (AvgIpc) is 3.11. The van der Waals surface area contributed by atoms with Crippen molar-refractivity contribution in [2.45, 2.75) is 109 Å². The lowest BCUT2D eigenvalue weighted by Crippen LogP contribution is -2.63. The summed E-state index contributed by atoms with van der Waals surface area (Å²) in [5.41, 5.74) is 1.36. The third-order valence-corrected chi connectivity index (χ3v) is 9.95. The maximum atomic E-state index is 13.2. The molecule has 292 valence electrons. The van der Waals surface area contributed by atoms with Gasteiger partial charge in [0.2, 0.25) is 0 Å². The van der Waals surface area contributed by atoms with E-state index >= 15 is 0 Å². The number of allylic oxidation sites excluding steroid dienone is 3. The highest BCUT2D eigenvalue weighted by Gasteiger charge is 2.47. The van der Waals surface area contributed by atoms with Gasteiger partial charge in [0.15, 0.2) is 12.9 Å². The Morgan fingerprint density at radius 1 is 1.04 bits per heavy atom. The number of oxime groups is 1. The summed E-state index contributed by atoms with van der Waals surface area (Å²) in [4.78, 5) is 32.8. The van der Waals surface area contributed by atoms with Crippen LogP contribution >= 0.6 is 0 Å². The van der Waals surface area contributed by atoms with Crippen LogP contribution in [0.5, 0.6) is 5.75 Å². The fourth-order valence-electron chi connectivity index (χ4n) is 6.89. The first-order valence-electron chi connectivity index (χ1n) is 18.3. The van der Waals surface area contributed by atoms with E-state index in [2.05, 4.69) is 5.16 Å². The lowest BCUT2D eigenvalue weighted by Gasteiger charge is -2.46. The molecule has 0 amide bonds. The molecule has 1 aromatic rings. The number of hydrogen-bond donors (Lipinski definition) is 4. The Morgan fingerprint density at radius 2 is 1.75 bits per heavy atom. The highest BCUT2D eigenvalue weighted by atomic mass is 16.7. The van der Waals surface area contributed by atoms with Gasteiger partial charge in [0.1, 0.15) is 30.9 Å². The number of rotatable bonds is 12. The second kappa shape index (κ2) is 21.5. The van der Waals surface area contributed by atoms with Crippen molar-refractivity contribution < 1.29 is 53.8 Å². The molecule has 12 atom stereocenters. The summed E-state index contributed by atoms with van der Waals surface area (Å²) in [5, 5.41) is 48.4. The van der Waals surface area contributed by atoms with Crippen molar-refractivity contribution in [2.75, 3.05) is 33.9 Å². The number of nitrogens with zero attached hydrogens (tertiary/aromatic N) is 2. The van der Waals surface area contributed by atoms with Crippen LogP contribution in [0.3, 0.4) is 0 Å². The van der Waals surface area contributed by atoms with Crippen molar-refractivity contribution >= 4 is 18.0 Å². The van der Waals surface area contributed by atoms with E-state index in [-0.39, 0.29) is 38.6 Å². The molecule has 2 unspecified atom stereocenters. The van der Waals surface area contributed by atoms with Crippen molar-refractivity contribution in [3.63, 3.8) is 0 Å². The van der Waals surface area contributed by atoms with E-state index in [1.807, 2.05) is 69.3 Å². The lowest BCUT2D eigenvalue weighted by atomic mass is 9.79. The predicted octanol–water partition coefficient (Wildman–Crippen LogP) is 3.28. The van der Waals surface area contributed by atoms with Gasteiger partial charge in [0.05, 0.1) is 49.2 Å². The van der Waals surface area contributed by atoms with Gasteiger partial charge >= 0.3 is 5.97 Å². The topological polar surface area (TPSA) is 177 Å². The number of aldehydes is 1. The molecule has 2 aliphatic rings. The number of para-hydroxylation sites is 1. The van der Waals surface area contributed by atoms with Crippen LogP contribution in [0, 0.1) is 23.7 Å². The molecular weight excluding hydrogens is 672 g/mol. The smallest absolute Gasteiger partial charge is 0.308 e. The molecule has 0 saturated carbocycles. The first-order chi connectivity index (χ1) is 24.8. The Labute approximate surface area is 308 Å². The van der Waals surface area contributed by atoms with Crippen LogP contribution in [-0.4, -0.2) is 126 Å². The van der Waals surface area contributed by atoms with E-state index in [0.717, 1.165) is 11.9 Å². The van der Waals surface area contributed by atoms with E-state index in [9.17, 15) is 30.0 Å². The Morgan fingerprint density at radius 3 is 2.38 bits per heavy atom. The SMILES string of the molecule is CC[C@H]1OC(=O)C[C@@H](O)C(C)[C@@H](O[C@H]2O[C@@H](C)[C@H](O)[C@@H](N(C)C)[C@@H]2O)[C@@H](CC=O)C[C@@H](C)C(=N\OCCOc2ccccc2)/C=C/C(C)=C/C1CO. The van der Waals surface area contributed by atoms with Gasteiger partial charge in [0.25, 0.3) is 0 Å². The van der Waals surface area contributed by atoms with Crippen LogP contribution in [0.25, 0.3) is 0 Å². The molecule has 0 radical (unpaired) electrons. The number of ether oxygens (including phenoxy) is 4. The Bertz CT molecular complexity index is 1320. The standard InChI is InChI=1S/C39H60N2O11/c1-8-33-29(23-43)20-24(2)14-15-31(40-49-19-18-48-30-12-10-9-11-13-30)25(3)21-28(16-17-42)38(26(4)32(44)22-34(45)51-33)52-39-37(47)35(41(6)7)36(46)27(5)50-39/h9-15,17,20,25-29,32-33,35-39,43-44,46-47H,8,16,18-19,21-23H2,1-7H3/b15-14+,24-20+,40-31-/t25-,26?,27+,28+,29?,32-,33-,35-,36+,37+,38-,39-/m1/s1. The van der Waals surface area contributed by atoms with E-state index in [0.29, 0.717) is 24.3 Å². The van der Waals surface area contributed by atoms with Gasteiger partial charge in [-0.1, -0.05) is 61.9 Å². The van der Waals surface area contributed by atoms with Crippen molar-refractivity contribution in [2.24, 2.45) is 28.8 Å². The van der Waals surface area contributed by atoms with Gasteiger partial charge in [-0.25, -0.2) is 0 Å². The molecule has 3 rings (SSSR count). The molecule has 1 fully saturated rings. The minimum Gasteiger partial charge on any atom is -0.490 e. The van der Waals surface area contributed by atoms with Gasteiger partial charge in [-0.05, 0) is 64.9 Å². The largest absolute Gasteiger partial charge is 0.490 e. The molecule has 0 aromatic heterocycles. The molecule has 0 spiro atoms.